The molecule has 0 saturated heterocycles. The van der Waals surface area contributed by atoms with Gasteiger partial charge in [0.05, 0.1) is 5.75 Å². The molecule has 0 spiro atoms. The number of benzene rings is 1. The van der Waals surface area contributed by atoms with Gasteiger partial charge in [0.1, 0.15) is 5.82 Å². The third-order valence-corrected chi connectivity index (χ3v) is 2.78. The summed E-state index contributed by atoms with van der Waals surface area (Å²) in [6.45, 7) is 0. The molecule has 0 aliphatic heterocycles. The molecule has 1 rings (SSSR count). The second-order valence-electron chi connectivity index (χ2n) is 3.06. The number of halogens is 1. The molecule has 0 fully saturated rings. The lowest BCUT2D eigenvalue weighted by Gasteiger charge is -2.03. The van der Waals surface area contributed by atoms with Crippen molar-refractivity contribution >= 4 is 23.6 Å². The minimum absolute atomic E-state index is 0.111. The summed E-state index contributed by atoms with van der Waals surface area (Å²) in [6.07, 6.45) is 0. The maximum absolute atomic E-state index is 13.2. The summed E-state index contributed by atoms with van der Waals surface area (Å²) in [4.78, 5) is 21.1. The van der Waals surface area contributed by atoms with E-state index in [1.54, 1.807) is 0 Å². The summed E-state index contributed by atoms with van der Waals surface area (Å²) in [5.41, 5.74) is 5.54. The second-order valence-corrected chi connectivity index (χ2v) is 4.04. The monoisotopic (exact) mass is 243 g/mol. The highest BCUT2D eigenvalue weighted by atomic mass is 32.2. The lowest BCUT2D eigenvalue weighted by molar-refractivity contribution is -0.133. The van der Waals surface area contributed by atoms with E-state index in [9.17, 15) is 14.0 Å². The Morgan fingerprint density at radius 1 is 1.44 bits per heavy atom. The zero-order valence-electron chi connectivity index (χ0n) is 8.27. The molecule has 86 valence electrons. The van der Waals surface area contributed by atoms with E-state index in [1.165, 1.54) is 12.1 Å². The molecule has 16 heavy (non-hydrogen) atoms. The third-order valence-electron chi connectivity index (χ3n) is 1.81. The van der Waals surface area contributed by atoms with Crippen molar-refractivity contribution in [3.8, 4) is 0 Å². The highest BCUT2D eigenvalue weighted by Gasteiger charge is 2.08. The van der Waals surface area contributed by atoms with Crippen LogP contribution >= 0.6 is 11.8 Å². The van der Waals surface area contributed by atoms with E-state index in [4.69, 9.17) is 10.8 Å². The topological polar surface area (TPSA) is 80.4 Å². The molecule has 1 aromatic carbocycles. The number of carboxylic acids is 1. The molecule has 0 radical (unpaired) electrons. The summed E-state index contributed by atoms with van der Waals surface area (Å²) in [5, 5.41) is 8.41. The maximum Gasteiger partial charge on any atom is 0.313 e. The fourth-order valence-electron chi connectivity index (χ4n) is 1.09. The van der Waals surface area contributed by atoms with E-state index in [-0.39, 0.29) is 22.6 Å². The van der Waals surface area contributed by atoms with Crippen molar-refractivity contribution in [3.63, 3.8) is 0 Å². The van der Waals surface area contributed by atoms with Gasteiger partial charge < -0.3 is 10.8 Å². The van der Waals surface area contributed by atoms with Crippen LogP contribution in [0, 0.1) is 5.82 Å². The molecular weight excluding hydrogens is 233 g/mol. The number of thioether (sulfide) groups is 1. The molecule has 0 unspecified atom stereocenters. The molecule has 0 saturated carbocycles. The van der Waals surface area contributed by atoms with Gasteiger partial charge in [0.25, 0.3) is 0 Å². The van der Waals surface area contributed by atoms with Gasteiger partial charge in [0.2, 0.25) is 5.91 Å². The van der Waals surface area contributed by atoms with E-state index in [0.29, 0.717) is 0 Å². The van der Waals surface area contributed by atoms with Gasteiger partial charge in [0, 0.05) is 11.3 Å². The van der Waals surface area contributed by atoms with Crippen LogP contribution in [-0.2, 0) is 10.5 Å². The average molecular weight is 243 g/mol. The minimum Gasteiger partial charge on any atom is -0.481 e. The summed E-state index contributed by atoms with van der Waals surface area (Å²) in [7, 11) is 0. The van der Waals surface area contributed by atoms with Gasteiger partial charge in [-0.15, -0.1) is 11.8 Å². The average Bonchev–Trinajstić information content (AvgIpc) is 2.20. The van der Waals surface area contributed by atoms with Crippen molar-refractivity contribution in [1.29, 1.82) is 0 Å². The molecule has 0 atom stereocenters. The predicted molar refractivity (Wildman–Crippen MR) is 58.7 cm³/mol. The molecule has 6 heteroatoms. The van der Waals surface area contributed by atoms with Gasteiger partial charge in [-0.25, -0.2) is 4.39 Å². The van der Waals surface area contributed by atoms with Crippen LogP contribution in [0.15, 0.2) is 18.2 Å². The number of amides is 1. The fraction of sp³-hybridized carbons (Fsp3) is 0.200. The van der Waals surface area contributed by atoms with Crippen LogP contribution in [0.1, 0.15) is 15.9 Å². The van der Waals surface area contributed by atoms with Gasteiger partial charge in [-0.3, -0.25) is 9.59 Å². The first-order chi connectivity index (χ1) is 7.50. The summed E-state index contributed by atoms with van der Waals surface area (Å²) >= 11 is 1.06. The van der Waals surface area contributed by atoms with Crippen molar-refractivity contribution in [2.75, 3.05) is 5.75 Å². The lowest BCUT2D eigenvalue weighted by Crippen LogP contribution is -2.11. The third kappa shape index (κ3) is 3.54. The van der Waals surface area contributed by atoms with E-state index >= 15 is 0 Å². The van der Waals surface area contributed by atoms with Gasteiger partial charge in [-0.2, -0.15) is 0 Å². The maximum atomic E-state index is 13.2. The number of hydrogen-bond acceptors (Lipinski definition) is 3. The Bertz CT molecular complexity index is 423. The predicted octanol–water partition coefficient (Wildman–Crippen LogP) is 1.24. The molecule has 1 amide bonds. The van der Waals surface area contributed by atoms with E-state index in [1.807, 2.05) is 0 Å². The van der Waals surface area contributed by atoms with Crippen LogP contribution < -0.4 is 5.73 Å². The van der Waals surface area contributed by atoms with Crippen LogP contribution in [0.3, 0.4) is 0 Å². The largest absolute Gasteiger partial charge is 0.481 e. The van der Waals surface area contributed by atoms with E-state index < -0.39 is 17.7 Å². The number of aliphatic carboxylic acids is 1. The molecule has 3 N–H and O–H groups in total. The standard InChI is InChI=1S/C10H10FNO3S/c11-8-2-1-6(10(12)15)3-7(8)4-16-5-9(13)14/h1-3H,4-5H2,(H2,12,15)(H,13,14). The van der Waals surface area contributed by atoms with Crippen molar-refractivity contribution in [2.24, 2.45) is 5.73 Å². The van der Waals surface area contributed by atoms with E-state index in [0.717, 1.165) is 17.8 Å². The van der Waals surface area contributed by atoms with Gasteiger partial charge in [0.15, 0.2) is 0 Å². The Labute approximate surface area is 95.6 Å². The Morgan fingerprint density at radius 2 is 2.12 bits per heavy atom. The minimum atomic E-state index is -0.962. The van der Waals surface area contributed by atoms with Crippen LogP contribution in [0.5, 0.6) is 0 Å². The summed E-state index contributed by atoms with van der Waals surface area (Å²) < 4.78 is 13.2. The van der Waals surface area contributed by atoms with Crippen molar-refractivity contribution < 1.29 is 19.1 Å². The second kappa shape index (κ2) is 5.50. The van der Waals surface area contributed by atoms with Gasteiger partial charge >= 0.3 is 5.97 Å². The molecule has 0 aliphatic carbocycles. The molecule has 1 aromatic rings. The van der Waals surface area contributed by atoms with Gasteiger partial charge in [-0.05, 0) is 23.8 Å². The normalized spacial score (nSPS) is 10.1. The van der Waals surface area contributed by atoms with Crippen LogP contribution in [-0.4, -0.2) is 22.7 Å². The Balaban J connectivity index is 2.74. The molecular formula is C10H10FNO3S. The smallest absolute Gasteiger partial charge is 0.313 e. The fourth-order valence-corrected chi connectivity index (χ4v) is 1.80. The van der Waals surface area contributed by atoms with Crippen molar-refractivity contribution in [2.45, 2.75) is 5.75 Å². The van der Waals surface area contributed by atoms with Crippen LogP contribution in [0.4, 0.5) is 4.39 Å². The first-order valence-corrected chi connectivity index (χ1v) is 5.54. The number of primary amides is 1. The summed E-state index contributed by atoms with van der Waals surface area (Å²) in [6, 6.07) is 3.78. The number of hydrogen-bond donors (Lipinski definition) is 2. The number of nitrogens with two attached hydrogens (primary N) is 1. The highest BCUT2D eigenvalue weighted by Crippen LogP contribution is 2.17. The van der Waals surface area contributed by atoms with Crippen molar-refractivity contribution in [1.82, 2.24) is 0 Å². The van der Waals surface area contributed by atoms with Crippen LogP contribution in [0.2, 0.25) is 0 Å². The Kier molecular flexibility index (Phi) is 4.30. The molecule has 0 bridgehead atoms. The first-order valence-electron chi connectivity index (χ1n) is 4.38. The Morgan fingerprint density at radius 3 is 2.69 bits per heavy atom. The van der Waals surface area contributed by atoms with Gasteiger partial charge in [-0.1, -0.05) is 0 Å². The molecule has 4 nitrogen and oxygen atoms in total. The first kappa shape index (κ1) is 12.5. The molecule has 0 aromatic heterocycles. The number of carbonyl (C=O) groups excluding carboxylic acids is 1. The zero-order valence-corrected chi connectivity index (χ0v) is 9.09. The number of carbonyl (C=O) groups is 2. The van der Waals surface area contributed by atoms with Crippen LogP contribution in [0.25, 0.3) is 0 Å². The Hall–Kier alpha value is -1.56. The zero-order chi connectivity index (χ0) is 12.1. The molecule has 0 aliphatic rings. The van der Waals surface area contributed by atoms with Crippen molar-refractivity contribution in [3.05, 3.63) is 35.1 Å². The SMILES string of the molecule is NC(=O)c1ccc(F)c(CSCC(=O)O)c1. The number of carboxylic acid groups (broad SMARTS) is 1. The lowest BCUT2D eigenvalue weighted by atomic mass is 10.1. The quantitative estimate of drug-likeness (QED) is 0.815. The van der Waals surface area contributed by atoms with E-state index in [2.05, 4.69) is 0 Å². The number of rotatable bonds is 5. The summed E-state index contributed by atoms with van der Waals surface area (Å²) in [5.74, 6) is -1.98. The highest BCUT2D eigenvalue weighted by molar-refractivity contribution is 7.99. The molecule has 0 heterocycles.